The summed E-state index contributed by atoms with van der Waals surface area (Å²) in [5.41, 5.74) is 0.313. The fourth-order valence-corrected chi connectivity index (χ4v) is 2.35. The van der Waals surface area contributed by atoms with Crippen molar-refractivity contribution in [2.75, 3.05) is 7.05 Å². The van der Waals surface area contributed by atoms with Crippen LogP contribution in [0.2, 0.25) is 0 Å². The number of furan rings is 1. The molecular weight excluding hydrogens is 355 g/mol. The smallest absolute Gasteiger partial charge is 0.478 e. The van der Waals surface area contributed by atoms with Gasteiger partial charge in [-0.3, -0.25) is 4.79 Å². The van der Waals surface area contributed by atoms with E-state index in [0.717, 1.165) is 12.1 Å². The van der Waals surface area contributed by atoms with Gasteiger partial charge in [-0.25, -0.2) is 4.79 Å². The number of benzene rings is 1. The lowest BCUT2D eigenvalue weighted by atomic mass is 10.2. The molecule has 0 saturated heterocycles. The van der Waals surface area contributed by atoms with E-state index in [1.165, 1.54) is 30.1 Å². The quantitative estimate of drug-likeness (QED) is 0.837. The molecule has 6 nitrogen and oxygen atoms in total. The molecule has 0 saturated carbocycles. The predicted octanol–water partition coefficient (Wildman–Crippen LogP) is 3.71. The highest BCUT2D eigenvalue weighted by Gasteiger charge is 2.31. The van der Waals surface area contributed by atoms with Gasteiger partial charge in [0.25, 0.3) is 5.91 Å². The lowest BCUT2D eigenvalue weighted by Crippen LogP contribution is -2.26. The van der Waals surface area contributed by atoms with Crippen molar-refractivity contribution in [2.24, 2.45) is 0 Å². The summed E-state index contributed by atoms with van der Waals surface area (Å²) in [4.78, 5) is 24.7. The molecule has 26 heavy (non-hydrogen) atoms. The zero-order valence-electron chi connectivity index (χ0n) is 14.0. The number of aromatic carboxylic acids is 1. The summed E-state index contributed by atoms with van der Waals surface area (Å²) < 4.78 is 46.0. The summed E-state index contributed by atoms with van der Waals surface area (Å²) in [6.45, 7) is 1.67. The van der Waals surface area contributed by atoms with E-state index in [2.05, 4.69) is 4.74 Å². The van der Waals surface area contributed by atoms with Gasteiger partial charge in [-0.15, -0.1) is 13.2 Å². The van der Waals surface area contributed by atoms with E-state index in [4.69, 9.17) is 9.52 Å². The molecule has 140 valence electrons. The second kappa shape index (κ2) is 7.51. The highest BCUT2D eigenvalue weighted by atomic mass is 19.4. The minimum Gasteiger partial charge on any atom is -0.478 e. The maximum absolute atomic E-state index is 12.4. The molecule has 0 atom stereocenters. The van der Waals surface area contributed by atoms with Crippen LogP contribution < -0.4 is 4.74 Å². The van der Waals surface area contributed by atoms with E-state index in [1.807, 2.05) is 0 Å². The summed E-state index contributed by atoms with van der Waals surface area (Å²) in [5, 5.41) is 9.10. The summed E-state index contributed by atoms with van der Waals surface area (Å²) in [7, 11) is 1.42. The van der Waals surface area contributed by atoms with Gasteiger partial charge in [-0.1, -0.05) is 19.1 Å². The zero-order chi connectivity index (χ0) is 19.5. The molecule has 0 fully saturated rings. The third kappa shape index (κ3) is 4.78. The van der Waals surface area contributed by atoms with Crippen LogP contribution in [-0.2, 0) is 13.0 Å². The molecule has 0 aliphatic rings. The number of hydrogen-bond donors (Lipinski definition) is 1. The van der Waals surface area contributed by atoms with Crippen LogP contribution in [0, 0.1) is 0 Å². The van der Waals surface area contributed by atoms with Crippen molar-refractivity contribution in [3.8, 4) is 5.75 Å². The first-order chi connectivity index (χ1) is 12.1. The number of carbonyl (C=O) groups is 2. The van der Waals surface area contributed by atoms with E-state index in [0.29, 0.717) is 12.0 Å². The van der Waals surface area contributed by atoms with Gasteiger partial charge in [0.15, 0.2) is 5.76 Å². The Morgan fingerprint density at radius 2 is 1.96 bits per heavy atom. The van der Waals surface area contributed by atoms with Gasteiger partial charge < -0.3 is 19.2 Å². The summed E-state index contributed by atoms with van der Waals surface area (Å²) in [6, 6.07) is 6.37. The van der Waals surface area contributed by atoms with Gasteiger partial charge in [0.1, 0.15) is 17.1 Å². The van der Waals surface area contributed by atoms with Crippen LogP contribution in [0.4, 0.5) is 13.2 Å². The summed E-state index contributed by atoms with van der Waals surface area (Å²) in [5.74, 6) is -2.16. The molecule has 2 rings (SSSR count). The van der Waals surface area contributed by atoms with Crippen LogP contribution in [0.25, 0.3) is 0 Å². The molecular formula is C17H16F3NO5. The highest BCUT2D eigenvalue weighted by molar-refractivity contribution is 5.96. The predicted molar refractivity (Wildman–Crippen MR) is 84.0 cm³/mol. The van der Waals surface area contributed by atoms with Crippen LogP contribution >= 0.6 is 0 Å². The maximum Gasteiger partial charge on any atom is 0.573 e. The van der Waals surface area contributed by atoms with Gasteiger partial charge in [0.05, 0.1) is 0 Å². The number of hydrogen-bond acceptors (Lipinski definition) is 4. The number of nitrogens with zero attached hydrogens (tertiary/aromatic N) is 1. The SMILES string of the molecule is CCc1oc(C(=O)N(C)Cc2cccc(OC(F)(F)F)c2)cc1C(=O)O. The van der Waals surface area contributed by atoms with Crippen LogP contribution in [0.15, 0.2) is 34.7 Å². The molecule has 1 aromatic carbocycles. The molecule has 0 radical (unpaired) electrons. The van der Waals surface area contributed by atoms with Crippen LogP contribution in [0.5, 0.6) is 5.75 Å². The standard InChI is InChI=1S/C17H16F3NO5/c1-3-13-12(16(23)24)8-14(25-13)15(22)21(2)9-10-5-4-6-11(7-10)26-17(18,19)20/h4-8H,3,9H2,1-2H3,(H,23,24). The Hall–Kier alpha value is -2.97. The maximum atomic E-state index is 12.4. The van der Waals surface area contributed by atoms with Gasteiger partial charge in [-0.2, -0.15) is 0 Å². The largest absolute Gasteiger partial charge is 0.573 e. The second-order valence-electron chi connectivity index (χ2n) is 5.46. The van der Waals surface area contributed by atoms with Crippen molar-refractivity contribution in [3.63, 3.8) is 0 Å². The highest BCUT2D eigenvalue weighted by Crippen LogP contribution is 2.24. The molecule has 9 heteroatoms. The zero-order valence-corrected chi connectivity index (χ0v) is 14.0. The number of ether oxygens (including phenoxy) is 1. The Labute approximate surface area is 146 Å². The van der Waals surface area contributed by atoms with Crippen molar-refractivity contribution in [2.45, 2.75) is 26.3 Å². The Morgan fingerprint density at radius 1 is 1.27 bits per heavy atom. The molecule has 1 aromatic heterocycles. The molecule has 1 amide bonds. The first-order valence-corrected chi connectivity index (χ1v) is 7.57. The van der Waals surface area contributed by atoms with Gasteiger partial charge >= 0.3 is 12.3 Å². The van der Waals surface area contributed by atoms with E-state index >= 15 is 0 Å². The van der Waals surface area contributed by atoms with Crippen molar-refractivity contribution in [1.82, 2.24) is 4.90 Å². The molecule has 0 unspecified atom stereocenters. The minimum absolute atomic E-state index is 0.0154. The number of halogens is 3. The topological polar surface area (TPSA) is 80.0 Å². The van der Waals surface area contributed by atoms with E-state index in [1.54, 1.807) is 6.92 Å². The lowest BCUT2D eigenvalue weighted by Gasteiger charge is -2.16. The van der Waals surface area contributed by atoms with Crippen molar-refractivity contribution < 1.29 is 37.0 Å². The molecule has 0 aliphatic carbocycles. The van der Waals surface area contributed by atoms with E-state index < -0.39 is 24.0 Å². The van der Waals surface area contributed by atoms with Crippen molar-refractivity contribution in [1.29, 1.82) is 0 Å². The minimum atomic E-state index is -4.81. The summed E-state index contributed by atoms with van der Waals surface area (Å²) >= 11 is 0. The summed E-state index contributed by atoms with van der Waals surface area (Å²) in [6.07, 6.45) is -4.51. The Morgan fingerprint density at radius 3 is 2.50 bits per heavy atom. The fraction of sp³-hybridized carbons (Fsp3) is 0.294. The molecule has 1 heterocycles. The molecule has 0 spiro atoms. The number of aryl methyl sites for hydroxylation is 1. The normalized spacial score (nSPS) is 11.3. The van der Waals surface area contributed by atoms with E-state index in [9.17, 15) is 22.8 Å². The van der Waals surface area contributed by atoms with Crippen LogP contribution in [-0.4, -0.2) is 35.3 Å². The molecule has 0 bridgehead atoms. The Balaban J connectivity index is 2.15. The first-order valence-electron chi connectivity index (χ1n) is 7.57. The number of carboxylic acid groups (broad SMARTS) is 1. The number of amides is 1. The van der Waals surface area contributed by atoms with Gasteiger partial charge in [-0.05, 0) is 17.7 Å². The first kappa shape index (κ1) is 19.4. The Kier molecular flexibility index (Phi) is 5.59. The third-order valence-corrected chi connectivity index (χ3v) is 3.47. The number of rotatable bonds is 6. The van der Waals surface area contributed by atoms with Gasteiger partial charge in [0, 0.05) is 26.1 Å². The van der Waals surface area contributed by atoms with Crippen molar-refractivity contribution in [3.05, 3.63) is 53.0 Å². The van der Waals surface area contributed by atoms with Crippen LogP contribution in [0.1, 0.15) is 39.2 Å². The van der Waals surface area contributed by atoms with E-state index in [-0.39, 0.29) is 23.6 Å². The second-order valence-corrected chi connectivity index (χ2v) is 5.46. The average Bonchev–Trinajstić information content (AvgIpc) is 2.97. The van der Waals surface area contributed by atoms with Gasteiger partial charge in [0.2, 0.25) is 0 Å². The fourth-order valence-electron chi connectivity index (χ4n) is 2.35. The average molecular weight is 371 g/mol. The molecule has 1 N–H and O–H groups in total. The monoisotopic (exact) mass is 371 g/mol. The van der Waals surface area contributed by atoms with Crippen LogP contribution in [0.3, 0.4) is 0 Å². The lowest BCUT2D eigenvalue weighted by molar-refractivity contribution is -0.274. The third-order valence-electron chi connectivity index (χ3n) is 3.47. The molecule has 2 aromatic rings. The molecule has 0 aliphatic heterocycles. The number of carboxylic acids is 1. The Bertz CT molecular complexity index is 813. The van der Waals surface area contributed by atoms with Crippen molar-refractivity contribution >= 4 is 11.9 Å². The number of alkyl halides is 3. The number of carbonyl (C=O) groups excluding carboxylic acids is 1.